The molecule has 172 valence electrons. The van der Waals surface area contributed by atoms with E-state index in [0.29, 0.717) is 31.2 Å². The Balaban J connectivity index is 0.00000306. The van der Waals surface area contributed by atoms with Gasteiger partial charge in [-0.05, 0) is 60.0 Å². The molecule has 0 aliphatic heterocycles. The molecule has 0 atom stereocenters. The van der Waals surface area contributed by atoms with Crippen molar-refractivity contribution in [2.75, 3.05) is 13.6 Å². The number of H-pyrrole nitrogens is 1. The van der Waals surface area contributed by atoms with Crippen LogP contribution in [0.1, 0.15) is 11.1 Å². The molecule has 0 aliphatic carbocycles. The first-order valence-corrected chi connectivity index (χ1v) is 10.2. The third-order valence-electron chi connectivity index (χ3n) is 4.96. The molecule has 0 saturated heterocycles. The fourth-order valence-corrected chi connectivity index (χ4v) is 3.35. The van der Waals surface area contributed by atoms with E-state index >= 15 is 0 Å². The summed E-state index contributed by atoms with van der Waals surface area (Å²) in [5.41, 5.74) is 2.67. The van der Waals surface area contributed by atoms with E-state index in [9.17, 15) is 8.78 Å². The van der Waals surface area contributed by atoms with Gasteiger partial charge in [-0.3, -0.25) is 9.98 Å². The quantitative estimate of drug-likeness (QED) is 0.165. The molecule has 0 radical (unpaired) electrons. The Morgan fingerprint density at radius 3 is 2.76 bits per heavy atom. The van der Waals surface area contributed by atoms with Crippen molar-refractivity contribution < 1.29 is 13.5 Å². The smallest absolute Gasteiger partial charge is 0.191 e. The maximum Gasteiger partial charge on any atom is 0.191 e. The fourth-order valence-electron chi connectivity index (χ4n) is 3.35. The number of rotatable bonds is 7. The Morgan fingerprint density at radius 2 is 2.00 bits per heavy atom. The summed E-state index contributed by atoms with van der Waals surface area (Å²) >= 11 is 0. The number of hydrogen-bond acceptors (Lipinski definition) is 3. The van der Waals surface area contributed by atoms with Crippen molar-refractivity contribution in [2.24, 2.45) is 4.99 Å². The van der Waals surface area contributed by atoms with Gasteiger partial charge in [0.05, 0.1) is 6.20 Å². The lowest BCUT2D eigenvalue weighted by Gasteiger charge is -2.13. The monoisotopic (exact) mass is 563 g/mol. The molecule has 3 N–H and O–H groups in total. The molecule has 2 aromatic carbocycles. The number of nitrogens with zero attached hydrogens (tertiary/aromatic N) is 2. The number of aromatic nitrogens is 2. The summed E-state index contributed by atoms with van der Waals surface area (Å²) in [4.78, 5) is 11.3. The van der Waals surface area contributed by atoms with Crippen molar-refractivity contribution in [1.29, 1.82) is 0 Å². The van der Waals surface area contributed by atoms with Crippen molar-refractivity contribution in [3.05, 3.63) is 89.9 Å². The number of ether oxygens (including phenoxy) is 1. The number of fused-ring (bicyclic) bond motifs is 1. The van der Waals surface area contributed by atoms with Gasteiger partial charge in [-0.15, -0.1) is 24.0 Å². The first-order chi connectivity index (χ1) is 15.6. The third-order valence-corrected chi connectivity index (χ3v) is 4.96. The summed E-state index contributed by atoms with van der Waals surface area (Å²) < 4.78 is 33.5. The highest BCUT2D eigenvalue weighted by Gasteiger charge is 2.08. The van der Waals surface area contributed by atoms with Gasteiger partial charge in [0, 0.05) is 43.4 Å². The molecule has 33 heavy (non-hydrogen) atoms. The lowest BCUT2D eigenvalue weighted by atomic mass is 10.1. The van der Waals surface area contributed by atoms with Crippen molar-refractivity contribution in [3.63, 3.8) is 0 Å². The zero-order valence-corrected chi connectivity index (χ0v) is 20.3. The Hall–Kier alpha value is -3.21. The normalized spacial score (nSPS) is 11.2. The molecule has 0 amide bonds. The fraction of sp³-hybridized carbons (Fsp3) is 0.167. The molecule has 6 nitrogen and oxygen atoms in total. The van der Waals surface area contributed by atoms with E-state index in [1.807, 2.05) is 6.20 Å². The van der Waals surface area contributed by atoms with Gasteiger partial charge in [0.2, 0.25) is 0 Å². The van der Waals surface area contributed by atoms with Crippen molar-refractivity contribution >= 4 is 40.8 Å². The van der Waals surface area contributed by atoms with Crippen LogP contribution in [0.4, 0.5) is 8.78 Å². The highest BCUT2D eigenvalue weighted by molar-refractivity contribution is 14.0. The Kier molecular flexibility index (Phi) is 8.58. The van der Waals surface area contributed by atoms with E-state index in [4.69, 9.17) is 4.74 Å². The standard InChI is InChI=1S/C24H23F2N5O.HI/c1-27-24(29-10-8-17-14-30-22-6-5-18(25)12-20(17)22)31-13-16-4-7-23(21(26)11-16)32-19-3-2-9-28-15-19;/h2-7,9,11-12,14-15,30H,8,10,13H2,1H3,(H2,27,29,31);1H. The van der Waals surface area contributed by atoms with Crippen molar-refractivity contribution in [3.8, 4) is 11.5 Å². The lowest BCUT2D eigenvalue weighted by Crippen LogP contribution is -2.37. The maximum atomic E-state index is 14.4. The summed E-state index contributed by atoms with van der Waals surface area (Å²) in [5.74, 6) is 0.488. The number of pyridine rings is 1. The minimum absolute atomic E-state index is 0. The highest BCUT2D eigenvalue weighted by atomic mass is 127. The average molecular weight is 563 g/mol. The van der Waals surface area contributed by atoms with Crippen LogP contribution >= 0.6 is 24.0 Å². The number of halogens is 3. The second-order valence-corrected chi connectivity index (χ2v) is 7.16. The van der Waals surface area contributed by atoms with Crippen LogP contribution in [0.25, 0.3) is 10.9 Å². The second-order valence-electron chi connectivity index (χ2n) is 7.16. The molecule has 0 spiro atoms. The van der Waals surface area contributed by atoms with Gasteiger partial charge < -0.3 is 20.4 Å². The number of nitrogens with one attached hydrogen (secondary N) is 3. The van der Waals surface area contributed by atoms with E-state index < -0.39 is 5.82 Å². The molecule has 9 heteroatoms. The molecule has 4 aromatic rings. The van der Waals surface area contributed by atoms with E-state index in [2.05, 4.69) is 25.6 Å². The summed E-state index contributed by atoms with van der Waals surface area (Å²) in [6, 6.07) is 12.9. The molecule has 2 aromatic heterocycles. The SMILES string of the molecule is CN=C(NCCc1c[nH]c2ccc(F)cc12)NCc1ccc(Oc2cccnc2)c(F)c1.I. The van der Waals surface area contributed by atoms with E-state index in [1.165, 1.54) is 24.4 Å². The summed E-state index contributed by atoms with van der Waals surface area (Å²) in [6.07, 6.45) is 5.73. The van der Waals surface area contributed by atoms with E-state index in [1.54, 1.807) is 43.6 Å². The van der Waals surface area contributed by atoms with E-state index in [-0.39, 0.29) is 35.5 Å². The van der Waals surface area contributed by atoms with Crippen LogP contribution in [-0.2, 0) is 13.0 Å². The molecular weight excluding hydrogens is 539 g/mol. The van der Waals surface area contributed by atoms with Crippen LogP contribution in [0.2, 0.25) is 0 Å². The summed E-state index contributed by atoms with van der Waals surface area (Å²) in [6.45, 7) is 0.997. The third kappa shape index (κ3) is 6.41. The zero-order chi connectivity index (χ0) is 22.3. The van der Waals surface area contributed by atoms with Crippen LogP contribution in [-0.4, -0.2) is 29.5 Å². The van der Waals surface area contributed by atoms with Crippen LogP contribution in [0.5, 0.6) is 11.5 Å². The predicted octanol–water partition coefficient (Wildman–Crippen LogP) is 5.16. The zero-order valence-electron chi connectivity index (χ0n) is 17.9. The van der Waals surface area contributed by atoms with Crippen LogP contribution in [0.3, 0.4) is 0 Å². The molecule has 4 rings (SSSR count). The number of benzene rings is 2. The van der Waals surface area contributed by atoms with Crippen molar-refractivity contribution in [1.82, 2.24) is 20.6 Å². The Labute approximate surface area is 207 Å². The van der Waals surface area contributed by atoms with Gasteiger partial charge in [0.1, 0.15) is 11.6 Å². The van der Waals surface area contributed by atoms with Gasteiger partial charge in [-0.1, -0.05) is 6.07 Å². The van der Waals surface area contributed by atoms with Gasteiger partial charge in [0.25, 0.3) is 0 Å². The molecule has 0 aliphatic rings. The largest absolute Gasteiger partial charge is 0.453 e. The second kappa shape index (κ2) is 11.6. The van der Waals surface area contributed by atoms with Gasteiger partial charge in [0.15, 0.2) is 17.5 Å². The number of aliphatic imine (C=N–C) groups is 1. The van der Waals surface area contributed by atoms with Gasteiger partial charge >= 0.3 is 0 Å². The Morgan fingerprint density at radius 1 is 1.12 bits per heavy atom. The minimum atomic E-state index is -0.456. The molecule has 0 saturated carbocycles. The first-order valence-electron chi connectivity index (χ1n) is 10.2. The van der Waals surface area contributed by atoms with Crippen LogP contribution in [0.15, 0.2) is 72.1 Å². The highest BCUT2D eigenvalue weighted by Crippen LogP contribution is 2.24. The summed E-state index contributed by atoms with van der Waals surface area (Å²) in [7, 11) is 1.67. The molecule has 0 fully saturated rings. The number of aromatic amines is 1. The molecular formula is C24H24F2IN5O. The molecule has 0 bridgehead atoms. The van der Waals surface area contributed by atoms with Crippen LogP contribution in [0, 0.1) is 11.6 Å². The maximum absolute atomic E-state index is 14.4. The van der Waals surface area contributed by atoms with E-state index in [0.717, 1.165) is 22.0 Å². The first kappa shape index (κ1) is 24.4. The number of guanidine groups is 1. The average Bonchev–Trinajstić information content (AvgIpc) is 3.20. The number of hydrogen-bond donors (Lipinski definition) is 3. The molecule has 2 heterocycles. The lowest BCUT2D eigenvalue weighted by molar-refractivity contribution is 0.440. The minimum Gasteiger partial charge on any atom is -0.453 e. The predicted molar refractivity (Wildman–Crippen MR) is 136 cm³/mol. The van der Waals surface area contributed by atoms with Gasteiger partial charge in [-0.25, -0.2) is 8.78 Å². The summed E-state index contributed by atoms with van der Waals surface area (Å²) in [5, 5.41) is 7.26. The topological polar surface area (TPSA) is 74.3 Å². The molecule has 0 unspecified atom stereocenters. The Bertz CT molecular complexity index is 1230. The van der Waals surface area contributed by atoms with Crippen LogP contribution < -0.4 is 15.4 Å². The van der Waals surface area contributed by atoms with Gasteiger partial charge in [-0.2, -0.15) is 0 Å². The van der Waals surface area contributed by atoms with Crippen molar-refractivity contribution in [2.45, 2.75) is 13.0 Å².